The number of hydrogen-bond donors (Lipinski definition) is 2. The number of anilines is 1. The summed E-state index contributed by atoms with van der Waals surface area (Å²) in [5.41, 5.74) is 6.52. The van der Waals surface area contributed by atoms with E-state index in [1.165, 1.54) is 18.2 Å². The maximum atomic E-state index is 12.0. The lowest BCUT2D eigenvalue weighted by molar-refractivity contribution is -0.274. The van der Waals surface area contributed by atoms with Gasteiger partial charge in [0.1, 0.15) is 5.75 Å². The number of ether oxygens (including phenoxy) is 1. The van der Waals surface area contributed by atoms with Crippen LogP contribution in [-0.2, 0) is 0 Å². The van der Waals surface area contributed by atoms with Crippen LogP contribution in [-0.4, -0.2) is 12.1 Å². The predicted octanol–water partition coefficient (Wildman–Crippen LogP) is 3.50. The van der Waals surface area contributed by atoms with Crippen molar-refractivity contribution in [3.05, 3.63) is 29.8 Å². The van der Waals surface area contributed by atoms with Gasteiger partial charge in [0.15, 0.2) is 0 Å². The number of allylic oxidation sites excluding steroid dienone is 1. The number of nitrogens with two attached hydrogens (primary N) is 1. The van der Waals surface area contributed by atoms with Gasteiger partial charge in [-0.05, 0) is 30.4 Å². The SMILES string of the molecule is Nc1ccc(OC(F)(F)F)cc1C=CCCS. The molecule has 0 saturated carbocycles. The Morgan fingerprint density at radius 1 is 1.35 bits per heavy atom. The van der Waals surface area contributed by atoms with E-state index in [4.69, 9.17) is 5.73 Å². The average Bonchev–Trinajstić information content (AvgIpc) is 2.21. The van der Waals surface area contributed by atoms with Crippen LogP contribution in [0.15, 0.2) is 24.3 Å². The lowest BCUT2D eigenvalue weighted by Crippen LogP contribution is -2.17. The maximum Gasteiger partial charge on any atom is 0.573 e. The molecule has 6 heteroatoms. The first-order valence-corrected chi connectivity index (χ1v) is 5.48. The zero-order valence-electron chi connectivity index (χ0n) is 8.87. The van der Waals surface area contributed by atoms with Crippen molar-refractivity contribution in [2.75, 3.05) is 11.5 Å². The van der Waals surface area contributed by atoms with Gasteiger partial charge in [0, 0.05) is 11.3 Å². The first kappa shape index (κ1) is 13.8. The normalized spacial score (nSPS) is 12.0. The van der Waals surface area contributed by atoms with E-state index >= 15 is 0 Å². The first-order valence-electron chi connectivity index (χ1n) is 4.85. The predicted molar refractivity (Wildman–Crippen MR) is 65.0 cm³/mol. The second kappa shape index (κ2) is 5.86. The third kappa shape index (κ3) is 5.04. The summed E-state index contributed by atoms with van der Waals surface area (Å²) in [4.78, 5) is 0. The molecule has 0 radical (unpaired) electrons. The fourth-order valence-electron chi connectivity index (χ4n) is 1.18. The molecule has 0 heterocycles. The number of nitrogen functional groups attached to an aromatic ring is 1. The highest BCUT2D eigenvalue weighted by molar-refractivity contribution is 7.80. The van der Waals surface area contributed by atoms with E-state index in [0.29, 0.717) is 23.4 Å². The van der Waals surface area contributed by atoms with E-state index < -0.39 is 6.36 Å². The molecule has 0 fully saturated rings. The van der Waals surface area contributed by atoms with Crippen molar-refractivity contribution >= 4 is 24.4 Å². The van der Waals surface area contributed by atoms with Crippen LogP contribution in [0.3, 0.4) is 0 Å². The third-order valence-electron chi connectivity index (χ3n) is 1.89. The van der Waals surface area contributed by atoms with E-state index in [1.807, 2.05) is 0 Å². The minimum Gasteiger partial charge on any atom is -0.406 e. The second-order valence-electron chi connectivity index (χ2n) is 3.25. The van der Waals surface area contributed by atoms with Gasteiger partial charge in [-0.25, -0.2) is 0 Å². The van der Waals surface area contributed by atoms with Crippen molar-refractivity contribution in [3.63, 3.8) is 0 Å². The minimum atomic E-state index is -4.69. The Balaban J connectivity index is 2.86. The fourth-order valence-corrected chi connectivity index (χ4v) is 1.33. The molecule has 0 saturated heterocycles. The van der Waals surface area contributed by atoms with Crippen molar-refractivity contribution in [1.29, 1.82) is 0 Å². The fraction of sp³-hybridized carbons (Fsp3) is 0.273. The molecule has 0 amide bonds. The zero-order chi connectivity index (χ0) is 12.9. The van der Waals surface area contributed by atoms with Gasteiger partial charge in [-0.15, -0.1) is 13.2 Å². The van der Waals surface area contributed by atoms with Crippen molar-refractivity contribution in [2.45, 2.75) is 12.8 Å². The summed E-state index contributed by atoms with van der Waals surface area (Å²) in [7, 11) is 0. The van der Waals surface area contributed by atoms with E-state index in [0.717, 1.165) is 0 Å². The molecule has 1 rings (SSSR count). The van der Waals surface area contributed by atoms with E-state index in [-0.39, 0.29) is 5.75 Å². The van der Waals surface area contributed by atoms with Gasteiger partial charge < -0.3 is 10.5 Å². The molecule has 0 aliphatic heterocycles. The highest BCUT2D eigenvalue weighted by Gasteiger charge is 2.31. The molecule has 0 aliphatic rings. The molecule has 17 heavy (non-hydrogen) atoms. The molecule has 0 unspecified atom stereocenters. The first-order chi connectivity index (χ1) is 7.92. The van der Waals surface area contributed by atoms with Crippen molar-refractivity contribution in [3.8, 4) is 5.75 Å². The van der Waals surface area contributed by atoms with Gasteiger partial charge >= 0.3 is 6.36 Å². The molecule has 0 atom stereocenters. The second-order valence-corrected chi connectivity index (χ2v) is 3.70. The zero-order valence-corrected chi connectivity index (χ0v) is 9.76. The Labute approximate surface area is 103 Å². The van der Waals surface area contributed by atoms with Crippen LogP contribution in [0.2, 0.25) is 0 Å². The van der Waals surface area contributed by atoms with Gasteiger partial charge in [-0.3, -0.25) is 0 Å². The van der Waals surface area contributed by atoms with Crippen LogP contribution in [0.25, 0.3) is 6.08 Å². The van der Waals surface area contributed by atoms with Crippen LogP contribution in [0, 0.1) is 0 Å². The summed E-state index contributed by atoms with van der Waals surface area (Å²) in [5.74, 6) is 0.382. The van der Waals surface area contributed by atoms with E-state index in [2.05, 4.69) is 17.4 Å². The Bertz CT molecular complexity index is 404. The summed E-state index contributed by atoms with van der Waals surface area (Å²) in [5, 5.41) is 0. The van der Waals surface area contributed by atoms with Crippen molar-refractivity contribution < 1.29 is 17.9 Å². The van der Waals surface area contributed by atoms with Crippen molar-refractivity contribution in [1.82, 2.24) is 0 Å². The van der Waals surface area contributed by atoms with Gasteiger partial charge in [0.2, 0.25) is 0 Å². The minimum absolute atomic E-state index is 0.280. The molecule has 94 valence electrons. The topological polar surface area (TPSA) is 35.2 Å². The smallest absolute Gasteiger partial charge is 0.406 e. The molecule has 1 aromatic carbocycles. The largest absolute Gasteiger partial charge is 0.573 e. The molecular weight excluding hydrogens is 251 g/mol. The highest BCUT2D eigenvalue weighted by Crippen LogP contribution is 2.26. The Morgan fingerprint density at radius 3 is 2.65 bits per heavy atom. The van der Waals surface area contributed by atoms with Crippen LogP contribution in [0.1, 0.15) is 12.0 Å². The lowest BCUT2D eigenvalue weighted by Gasteiger charge is -2.10. The summed E-state index contributed by atoms with van der Waals surface area (Å²) in [6.45, 7) is 0. The molecule has 0 bridgehead atoms. The Morgan fingerprint density at radius 2 is 2.06 bits per heavy atom. The van der Waals surface area contributed by atoms with E-state index in [1.54, 1.807) is 12.2 Å². The van der Waals surface area contributed by atoms with Crippen molar-refractivity contribution in [2.24, 2.45) is 0 Å². The molecule has 2 N–H and O–H groups in total. The molecule has 1 aromatic rings. The summed E-state index contributed by atoms with van der Waals surface area (Å²) in [6, 6.07) is 3.80. The number of alkyl halides is 3. The van der Waals surface area contributed by atoms with Gasteiger partial charge in [0.25, 0.3) is 0 Å². The third-order valence-corrected chi connectivity index (χ3v) is 2.14. The van der Waals surface area contributed by atoms with E-state index in [9.17, 15) is 13.2 Å². The monoisotopic (exact) mass is 263 g/mol. The maximum absolute atomic E-state index is 12.0. The Hall–Kier alpha value is -1.30. The van der Waals surface area contributed by atoms with Gasteiger partial charge in [-0.1, -0.05) is 12.2 Å². The van der Waals surface area contributed by atoms with Gasteiger partial charge in [0.05, 0.1) is 0 Å². The summed E-state index contributed by atoms with van der Waals surface area (Å²) >= 11 is 4.01. The molecule has 0 aromatic heterocycles. The Kier molecular flexibility index (Phi) is 4.74. The summed E-state index contributed by atoms with van der Waals surface area (Å²) in [6.07, 6.45) is -0.542. The molecule has 0 aliphatic carbocycles. The highest BCUT2D eigenvalue weighted by atomic mass is 32.1. The lowest BCUT2D eigenvalue weighted by atomic mass is 10.1. The number of rotatable bonds is 4. The number of thiol groups is 1. The van der Waals surface area contributed by atoms with Crippen LogP contribution >= 0.6 is 12.6 Å². The van der Waals surface area contributed by atoms with Crippen LogP contribution < -0.4 is 10.5 Å². The van der Waals surface area contributed by atoms with Crippen LogP contribution in [0.4, 0.5) is 18.9 Å². The number of benzene rings is 1. The number of halogens is 3. The number of hydrogen-bond acceptors (Lipinski definition) is 3. The molecular formula is C11H12F3NOS. The summed E-state index contributed by atoms with van der Waals surface area (Å²) < 4.78 is 39.8. The quantitative estimate of drug-likeness (QED) is 0.644. The standard InChI is InChI=1S/C11H12F3NOS/c12-11(13,14)16-9-4-5-10(15)8(7-9)3-1-2-6-17/h1,3-5,7,17H,2,6,15H2. The van der Waals surface area contributed by atoms with Gasteiger partial charge in [-0.2, -0.15) is 12.6 Å². The molecule has 2 nitrogen and oxygen atoms in total. The average molecular weight is 263 g/mol. The van der Waals surface area contributed by atoms with Crippen LogP contribution in [0.5, 0.6) is 5.75 Å². The molecule has 0 spiro atoms.